The molecule has 0 saturated carbocycles. The number of ether oxygens (including phenoxy) is 1. The van der Waals surface area contributed by atoms with Gasteiger partial charge in [-0.2, -0.15) is 0 Å². The minimum absolute atomic E-state index is 0.00206. The van der Waals surface area contributed by atoms with Gasteiger partial charge < -0.3 is 19.5 Å². The highest BCUT2D eigenvalue weighted by Gasteiger charge is 2.31. The number of methoxy groups -OCH3 is 1. The van der Waals surface area contributed by atoms with Crippen LogP contribution in [-0.4, -0.2) is 46.5 Å². The molecular formula is C18H24N4O3S. The number of rotatable bonds is 7. The number of hydrogen-bond donors (Lipinski definition) is 1. The van der Waals surface area contributed by atoms with Crippen molar-refractivity contribution in [1.82, 2.24) is 19.8 Å². The van der Waals surface area contributed by atoms with E-state index in [1.807, 2.05) is 28.5 Å². The first-order valence-electron chi connectivity index (χ1n) is 8.79. The molecule has 0 spiro atoms. The largest absolute Gasteiger partial charge is 0.375 e. The summed E-state index contributed by atoms with van der Waals surface area (Å²) in [5, 5.41) is 2.94. The lowest BCUT2D eigenvalue weighted by atomic mass is 10.2. The van der Waals surface area contributed by atoms with Crippen LogP contribution >= 0.6 is 11.3 Å². The zero-order chi connectivity index (χ0) is 18.5. The van der Waals surface area contributed by atoms with Gasteiger partial charge in [0.1, 0.15) is 6.61 Å². The van der Waals surface area contributed by atoms with E-state index in [0.717, 1.165) is 36.5 Å². The van der Waals surface area contributed by atoms with Crippen molar-refractivity contribution in [3.63, 3.8) is 0 Å². The van der Waals surface area contributed by atoms with Crippen molar-refractivity contribution in [1.29, 1.82) is 0 Å². The highest BCUT2D eigenvalue weighted by molar-refractivity contribution is 7.14. The maximum atomic E-state index is 12.5. The quantitative estimate of drug-likeness (QED) is 0.804. The molecule has 1 atom stereocenters. The van der Waals surface area contributed by atoms with Crippen LogP contribution in [0.2, 0.25) is 0 Å². The number of aromatic nitrogens is 2. The highest BCUT2D eigenvalue weighted by atomic mass is 32.1. The smallest absolute Gasteiger partial charge is 0.261 e. The number of imidazole rings is 1. The highest BCUT2D eigenvalue weighted by Crippen LogP contribution is 2.36. The Hall–Kier alpha value is -2.19. The van der Waals surface area contributed by atoms with E-state index in [4.69, 9.17) is 4.74 Å². The summed E-state index contributed by atoms with van der Waals surface area (Å²) in [6, 6.07) is 3.84. The van der Waals surface area contributed by atoms with Crippen molar-refractivity contribution in [2.75, 3.05) is 20.3 Å². The molecule has 0 radical (unpaired) electrons. The van der Waals surface area contributed by atoms with Gasteiger partial charge in [0.05, 0.1) is 29.5 Å². The minimum atomic E-state index is -0.0992. The molecule has 2 aromatic heterocycles. The van der Waals surface area contributed by atoms with E-state index in [-0.39, 0.29) is 24.5 Å². The lowest BCUT2D eigenvalue weighted by molar-refractivity contribution is -0.136. The molecule has 3 rings (SSSR count). The Morgan fingerprint density at radius 3 is 3.04 bits per heavy atom. The van der Waals surface area contributed by atoms with Crippen LogP contribution in [0.15, 0.2) is 24.7 Å². The van der Waals surface area contributed by atoms with Crippen molar-refractivity contribution < 1.29 is 14.3 Å². The third-order valence-corrected chi connectivity index (χ3v) is 5.77. The van der Waals surface area contributed by atoms with Gasteiger partial charge >= 0.3 is 0 Å². The number of nitrogens with one attached hydrogen (secondary N) is 1. The molecule has 0 bridgehead atoms. The number of carbonyl (C=O) groups is 2. The first-order chi connectivity index (χ1) is 12.6. The lowest BCUT2D eigenvalue weighted by Crippen LogP contribution is -2.32. The molecule has 2 aromatic rings. The van der Waals surface area contributed by atoms with Crippen LogP contribution < -0.4 is 5.32 Å². The second kappa shape index (κ2) is 8.46. The van der Waals surface area contributed by atoms with Gasteiger partial charge in [-0.1, -0.05) is 0 Å². The fourth-order valence-electron chi connectivity index (χ4n) is 3.26. The van der Waals surface area contributed by atoms with Gasteiger partial charge in [0.15, 0.2) is 0 Å². The average molecular weight is 376 g/mol. The third-order valence-electron chi connectivity index (χ3n) is 4.59. The van der Waals surface area contributed by atoms with Crippen LogP contribution in [0.5, 0.6) is 0 Å². The first-order valence-corrected chi connectivity index (χ1v) is 9.61. The molecule has 0 aliphatic carbocycles. The van der Waals surface area contributed by atoms with Crippen molar-refractivity contribution in [2.45, 2.75) is 38.9 Å². The Balaban J connectivity index is 1.63. The summed E-state index contributed by atoms with van der Waals surface area (Å²) in [6.07, 6.45) is 5.42. The van der Waals surface area contributed by atoms with E-state index in [1.165, 1.54) is 18.4 Å². The van der Waals surface area contributed by atoms with E-state index in [0.29, 0.717) is 11.4 Å². The number of likely N-dealkylation sites (tertiary alicyclic amines) is 1. The Kier molecular flexibility index (Phi) is 6.05. The van der Waals surface area contributed by atoms with Crippen LogP contribution in [-0.2, 0) is 22.6 Å². The minimum Gasteiger partial charge on any atom is -0.375 e. The maximum absolute atomic E-state index is 12.5. The summed E-state index contributed by atoms with van der Waals surface area (Å²) in [4.78, 5) is 32.3. The van der Waals surface area contributed by atoms with Gasteiger partial charge in [-0.3, -0.25) is 9.59 Å². The molecule has 3 heterocycles. The van der Waals surface area contributed by atoms with Gasteiger partial charge in [0, 0.05) is 31.3 Å². The number of hydrogen-bond acceptors (Lipinski definition) is 5. The summed E-state index contributed by atoms with van der Waals surface area (Å²) >= 11 is 1.46. The summed E-state index contributed by atoms with van der Waals surface area (Å²) in [5.74, 6) is -0.0971. The molecule has 1 aliphatic heterocycles. The van der Waals surface area contributed by atoms with Gasteiger partial charge in [-0.05, 0) is 31.9 Å². The molecule has 8 heteroatoms. The van der Waals surface area contributed by atoms with Crippen LogP contribution in [0, 0.1) is 0 Å². The zero-order valence-electron chi connectivity index (χ0n) is 15.1. The van der Waals surface area contributed by atoms with E-state index < -0.39 is 0 Å². The van der Waals surface area contributed by atoms with E-state index in [2.05, 4.69) is 10.3 Å². The third kappa shape index (κ3) is 3.96. The van der Waals surface area contributed by atoms with Gasteiger partial charge in [-0.25, -0.2) is 4.98 Å². The molecule has 2 amide bonds. The Bertz CT molecular complexity index is 770. The van der Waals surface area contributed by atoms with Crippen LogP contribution in [0.4, 0.5) is 0 Å². The SMILES string of the molecule is CCn1cncc1CNC(=O)c1ccc([C@H]2CCCN2C(=O)COC)s1. The molecule has 1 saturated heterocycles. The number of carbonyl (C=O) groups excluding carboxylic acids is 2. The second-order valence-electron chi connectivity index (χ2n) is 6.23. The Labute approximate surface area is 157 Å². The molecule has 1 N–H and O–H groups in total. The standard InChI is InChI=1S/C18H24N4O3S/c1-3-21-12-19-9-13(21)10-20-18(24)16-7-6-15(26-16)14-5-4-8-22(14)17(23)11-25-2/h6-7,9,12,14H,3-5,8,10-11H2,1-2H3,(H,20,24)/t14-/m1/s1. The van der Waals surface area contributed by atoms with E-state index in [1.54, 1.807) is 12.5 Å². The summed E-state index contributed by atoms with van der Waals surface area (Å²) < 4.78 is 6.97. The number of aryl methyl sites for hydroxylation is 1. The molecule has 7 nitrogen and oxygen atoms in total. The van der Waals surface area contributed by atoms with Gasteiger partial charge in [0.25, 0.3) is 5.91 Å². The maximum Gasteiger partial charge on any atom is 0.261 e. The lowest BCUT2D eigenvalue weighted by Gasteiger charge is -2.23. The predicted octanol–water partition coefficient (Wildman–Crippen LogP) is 2.20. The molecule has 1 fully saturated rings. The number of nitrogens with zero attached hydrogens (tertiary/aromatic N) is 3. The zero-order valence-corrected chi connectivity index (χ0v) is 15.9. The fourth-order valence-corrected chi connectivity index (χ4v) is 4.33. The number of thiophene rings is 1. The normalized spacial score (nSPS) is 16.8. The van der Waals surface area contributed by atoms with E-state index >= 15 is 0 Å². The summed E-state index contributed by atoms with van der Waals surface area (Å²) in [5.41, 5.74) is 0.977. The summed E-state index contributed by atoms with van der Waals surface area (Å²) in [6.45, 7) is 4.15. The second-order valence-corrected chi connectivity index (χ2v) is 7.35. The van der Waals surface area contributed by atoms with Crippen LogP contribution in [0.1, 0.15) is 46.0 Å². The van der Waals surface area contributed by atoms with Crippen molar-refractivity contribution >= 4 is 23.2 Å². The van der Waals surface area contributed by atoms with Gasteiger partial charge in [-0.15, -0.1) is 11.3 Å². The van der Waals surface area contributed by atoms with Crippen LogP contribution in [0.25, 0.3) is 0 Å². The fraction of sp³-hybridized carbons (Fsp3) is 0.500. The van der Waals surface area contributed by atoms with Gasteiger partial charge in [0.2, 0.25) is 5.91 Å². The summed E-state index contributed by atoms with van der Waals surface area (Å²) in [7, 11) is 1.53. The Morgan fingerprint density at radius 1 is 1.42 bits per heavy atom. The van der Waals surface area contributed by atoms with Crippen molar-refractivity contribution in [3.05, 3.63) is 40.1 Å². The molecule has 0 aromatic carbocycles. The molecule has 1 aliphatic rings. The monoisotopic (exact) mass is 376 g/mol. The molecule has 26 heavy (non-hydrogen) atoms. The number of amides is 2. The molecular weight excluding hydrogens is 352 g/mol. The van der Waals surface area contributed by atoms with Crippen molar-refractivity contribution in [2.24, 2.45) is 0 Å². The predicted molar refractivity (Wildman–Crippen MR) is 99.0 cm³/mol. The van der Waals surface area contributed by atoms with E-state index in [9.17, 15) is 9.59 Å². The van der Waals surface area contributed by atoms with Crippen molar-refractivity contribution in [3.8, 4) is 0 Å². The Morgan fingerprint density at radius 2 is 2.27 bits per heavy atom. The average Bonchev–Trinajstić information content (AvgIpc) is 3.39. The first kappa shape index (κ1) is 18.6. The molecule has 0 unspecified atom stereocenters. The topological polar surface area (TPSA) is 76.5 Å². The molecule has 140 valence electrons. The van der Waals surface area contributed by atoms with Crippen LogP contribution in [0.3, 0.4) is 0 Å².